The summed E-state index contributed by atoms with van der Waals surface area (Å²) in [6.45, 7) is 4.00. The average molecular weight is 175 g/mol. The van der Waals surface area contributed by atoms with E-state index < -0.39 is 0 Å². The van der Waals surface area contributed by atoms with Crippen molar-refractivity contribution in [2.24, 2.45) is 0 Å². The van der Waals surface area contributed by atoms with Crippen molar-refractivity contribution in [2.75, 3.05) is 5.75 Å². The average Bonchev–Trinajstić information content (AvgIpc) is 2.31. The molecule has 1 aromatic rings. The van der Waals surface area contributed by atoms with Crippen LogP contribution in [0, 0.1) is 6.92 Å². The number of nitrogens with one attached hydrogen (secondary N) is 1. The van der Waals surface area contributed by atoms with Gasteiger partial charge < -0.3 is 0 Å². The molecule has 0 amide bonds. The molecule has 0 saturated carbocycles. The number of hydrogen-bond acceptors (Lipinski definition) is 4. The van der Waals surface area contributed by atoms with Crippen LogP contribution in [-0.4, -0.2) is 20.9 Å². The van der Waals surface area contributed by atoms with Gasteiger partial charge in [-0.2, -0.15) is 0 Å². The van der Waals surface area contributed by atoms with Gasteiger partial charge in [-0.15, -0.1) is 5.10 Å². The molecule has 0 aliphatic rings. The molecule has 0 radical (unpaired) electrons. The summed E-state index contributed by atoms with van der Waals surface area (Å²) < 4.78 is 0. The van der Waals surface area contributed by atoms with Crippen molar-refractivity contribution in [1.82, 2.24) is 15.2 Å². The van der Waals surface area contributed by atoms with Crippen LogP contribution in [0.25, 0.3) is 0 Å². The standard InChI is InChI=1S/C5H9N3S2/c1-3-9-10-5-6-4(2)7-8-5/h3H2,1-2H3,(H,6,7,8). The molecule has 1 aromatic heterocycles. The zero-order valence-corrected chi connectivity index (χ0v) is 7.55. The maximum Gasteiger partial charge on any atom is 0.219 e. The summed E-state index contributed by atoms with van der Waals surface area (Å²) in [6.07, 6.45) is 0. The molecule has 0 bridgehead atoms. The van der Waals surface area contributed by atoms with E-state index in [2.05, 4.69) is 22.1 Å². The molecule has 0 aliphatic carbocycles. The number of H-pyrrole nitrogens is 1. The molecule has 0 saturated heterocycles. The van der Waals surface area contributed by atoms with Gasteiger partial charge in [-0.05, 0) is 17.7 Å². The zero-order valence-electron chi connectivity index (χ0n) is 5.92. The van der Waals surface area contributed by atoms with Crippen LogP contribution in [0.2, 0.25) is 0 Å². The lowest BCUT2D eigenvalue weighted by Gasteiger charge is -1.87. The lowest BCUT2D eigenvalue weighted by molar-refractivity contribution is 0.974. The van der Waals surface area contributed by atoms with Crippen molar-refractivity contribution in [3.8, 4) is 0 Å². The summed E-state index contributed by atoms with van der Waals surface area (Å²) in [7, 11) is 3.35. The number of hydrogen-bond donors (Lipinski definition) is 1. The topological polar surface area (TPSA) is 41.6 Å². The largest absolute Gasteiger partial charge is 0.262 e. The van der Waals surface area contributed by atoms with Crippen molar-refractivity contribution in [3.05, 3.63) is 5.82 Å². The van der Waals surface area contributed by atoms with Crippen LogP contribution in [0.4, 0.5) is 0 Å². The van der Waals surface area contributed by atoms with E-state index in [1.54, 1.807) is 21.6 Å². The van der Waals surface area contributed by atoms with Crippen molar-refractivity contribution in [3.63, 3.8) is 0 Å². The van der Waals surface area contributed by atoms with E-state index in [4.69, 9.17) is 0 Å². The third-order valence-electron chi connectivity index (χ3n) is 0.828. The molecule has 1 rings (SSSR count). The molecular formula is C5H9N3S2. The Balaban J connectivity index is 2.42. The fourth-order valence-corrected chi connectivity index (χ4v) is 1.84. The third kappa shape index (κ3) is 2.22. The second kappa shape index (κ2) is 3.88. The summed E-state index contributed by atoms with van der Waals surface area (Å²) in [5.74, 6) is 1.96. The van der Waals surface area contributed by atoms with Gasteiger partial charge in [-0.25, -0.2) is 4.98 Å². The normalized spacial score (nSPS) is 10.2. The van der Waals surface area contributed by atoms with Crippen molar-refractivity contribution in [2.45, 2.75) is 19.0 Å². The minimum Gasteiger partial charge on any atom is -0.262 e. The molecule has 0 spiro atoms. The highest BCUT2D eigenvalue weighted by Crippen LogP contribution is 2.26. The molecule has 5 heteroatoms. The molecule has 56 valence electrons. The van der Waals surface area contributed by atoms with Gasteiger partial charge in [0.2, 0.25) is 5.16 Å². The van der Waals surface area contributed by atoms with E-state index in [-0.39, 0.29) is 0 Å². The molecular weight excluding hydrogens is 166 g/mol. The van der Waals surface area contributed by atoms with Gasteiger partial charge in [0.15, 0.2) is 0 Å². The molecule has 0 aliphatic heterocycles. The number of rotatable bonds is 3. The Labute approximate surface area is 67.8 Å². The molecule has 1 heterocycles. The van der Waals surface area contributed by atoms with E-state index in [1.165, 1.54) is 0 Å². The van der Waals surface area contributed by atoms with Gasteiger partial charge in [-0.1, -0.05) is 17.7 Å². The first-order valence-electron chi connectivity index (χ1n) is 3.01. The van der Waals surface area contributed by atoms with Gasteiger partial charge in [0.1, 0.15) is 5.82 Å². The van der Waals surface area contributed by atoms with Crippen LogP contribution in [0.3, 0.4) is 0 Å². The number of aromatic nitrogens is 3. The first kappa shape index (κ1) is 7.94. The molecule has 1 N–H and O–H groups in total. The number of aromatic amines is 1. The van der Waals surface area contributed by atoms with E-state index in [9.17, 15) is 0 Å². The molecule has 0 aromatic carbocycles. The minimum atomic E-state index is 0.823. The lowest BCUT2D eigenvalue weighted by atomic mass is 10.8. The highest BCUT2D eigenvalue weighted by Gasteiger charge is 1.97. The Hall–Kier alpha value is -0.160. The Morgan fingerprint density at radius 3 is 2.90 bits per heavy atom. The Kier molecular flexibility index (Phi) is 3.08. The molecule has 10 heavy (non-hydrogen) atoms. The van der Waals surface area contributed by atoms with E-state index in [0.717, 1.165) is 16.7 Å². The Bertz CT molecular complexity index is 199. The van der Waals surface area contributed by atoms with Crippen molar-refractivity contribution < 1.29 is 0 Å². The predicted molar refractivity (Wildman–Crippen MR) is 45.1 cm³/mol. The van der Waals surface area contributed by atoms with Crippen molar-refractivity contribution in [1.29, 1.82) is 0 Å². The van der Waals surface area contributed by atoms with Gasteiger partial charge in [0, 0.05) is 5.75 Å². The van der Waals surface area contributed by atoms with Gasteiger partial charge in [0.25, 0.3) is 0 Å². The van der Waals surface area contributed by atoms with Gasteiger partial charge >= 0.3 is 0 Å². The van der Waals surface area contributed by atoms with Crippen LogP contribution in [-0.2, 0) is 0 Å². The van der Waals surface area contributed by atoms with Gasteiger partial charge in [0.05, 0.1) is 0 Å². The fraction of sp³-hybridized carbons (Fsp3) is 0.600. The molecule has 3 nitrogen and oxygen atoms in total. The summed E-state index contributed by atoms with van der Waals surface area (Å²) in [4.78, 5) is 4.12. The predicted octanol–water partition coefficient (Wildman–Crippen LogP) is 1.87. The zero-order chi connectivity index (χ0) is 7.40. The highest BCUT2D eigenvalue weighted by molar-refractivity contribution is 8.76. The summed E-state index contributed by atoms with van der Waals surface area (Å²) >= 11 is 0. The Morgan fingerprint density at radius 2 is 2.40 bits per heavy atom. The van der Waals surface area contributed by atoms with E-state index in [0.29, 0.717) is 0 Å². The molecule has 0 atom stereocenters. The smallest absolute Gasteiger partial charge is 0.219 e. The van der Waals surface area contributed by atoms with E-state index in [1.807, 2.05) is 6.92 Å². The van der Waals surface area contributed by atoms with Gasteiger partial charge in [-0.3, -0.25) is 5.10 Å². The van der Waals surface area contributed by atoms with Crippen LogP contribution in [0.5, 0.6) is 0 Å². The van der Waals surface area contributed by atoms with Crippen LogP contribution in [0.1, 0.15) is 12.7 Å². The highest BCUT2D eigenvalue weighted by atomic mass is 33.1. The monoisotopic (exact) mass is 175 g/mol. The molecule has 0 unspecified atom stereocenters. The van der Waals surface area contributed by atoms with Crippen molar-refractivity contribution >= 4 is 21.6 Å². The summed E-state index contributed by atoms with van der Waals surface area (Å²) in [5.41, 5.74) is 0. The van der Waals surface area contributed by atoms with E-state index >= 15 is 0 Å². The first-order chi connectivity index (χ1) is 4.83. The second-order valence-corrected chi connectivity index (χ2v) is 4.25. The lowest BCUT2D eigenvalue weighted by Crippen LogP contribution is -1.70. The Morgan fingerprint density at radius 1 is 1.60 bits per heavy atom. The number of nitrogens with zero attached hydrogens (tertiary/aromatic N) is 2. The first-order valence-corrected chi connectivity index (χ1v) is 5.33. The summed E-state index contributed by atoms with van der Waals surface area (Å²) in [5, 5.41) is 7.57. The SMILES string of the molecule is CCSSc1n[nH]c(C)n1. The summed E-state index contributed by atoms with van der Waals surface area (Å²) in [6, 6.07) is 0. The quantitative estimate of drug-likeness (QED) is 0.712. The second-order valence-electron chi connectivity index (χ2n) is 1.69. The maximum absolute atomic E-state index is 4.12. The van der Waals surface area contributed by atoms with Crippen LogP contribution in [0.15, 0.2) is 5.16 Å². The minimum absolute atomic E-state index is 0.823. The van der Waals surface area contributed by atoms with Crippen LogP contribution < -0.4 is 0 Å². The third-order valence-corrected chi connectivity index (χ3v) is 3.02. The number of aryl methyl sites for hydroxylation is 1. The van der Waals surface area contributed by atoms with Crippen LogP contribution >= 0.6 is 21.6 Å². The molecule has 0 fully saturated rings. The maximum atomic E-state index is 4.12. The fourth-order valence-electron chi connectivity index (χ4n) is 0.471.